The number of hydrogen-bond acceptors (Lipinski definition) is 2. The summed E-state index contributed by atoms with van der Waals surface area (Å²) in [5, 5.41) is 3.50. The molecule has 2 unspecified atom stereocenters. The molecule has 0 radical (unpaired) electrons. The van der Waals surface area contributed by atoms with Gasteiger partial charge in [0.2, 0.25) is 5.91 Å². The maximum Gasteiger partial charge on any atom is 0.226 e. The average Bonchev–Trinajstić information content (AvgIpc) is 2.71. The van der Waals surface area contributed by atoms with Crippen molar-refractivity contribution in [2.24, 2.45) is 17.3 Å². The van der Waals surface area contributed by atoms with E-state index in [2.05, 4.69) is 37.9 Å². The first-order chi connectivity index (χ1) is 8.40. The van der Waals surface area contributed by atoms with E-state index in [0.29, 0.717) is 17.9 Å². The van der Waals surface area contributed by atoms with E-state index >= 15 is 0 Å². The Morgan fingerprint density at radius 1 is 1.44 bits per heavy atom. The van der Waals surface area contributed by atoms with Crippen LogP contribution in [0, 0.1) is 17.3 Å². The maximum atomic E-state index is 12.5. The van der Waals surface area contributed by atoms with Crippen molar-refractivity contribution in [3.8, 4) is 0 Å². The van der Waals surface area contributed by atoms with Crippen molar-refractivity contribution in [1.82, 2.24) is 10.2 Å². The summed E-state index contributed by atoms with van der Waals surface area (Å²) in [5.41, 5.74) is 0.245. The average molecular weight is 252 g/mol. The lowest BCUT2D eigenvalue weighted by molar-refractivity contribution is -0.134. The first-order valence-corrected chi connectivity index (χ1v) is 7.42. The second-order valence-electron chi connectivity index (χ2n) is 7.18. The number of nitrogens with zero attached hydrogens (tertiary/aromatic N) is 1. The van der Waals surface area contributed by atoms with Gasteiger partial charge in [0.05, 0.1) is 0 Å². The number of carbonyl (C=O) groups excluding carboxylic acids is 1. The summed E-state index contributed by atoms with van der Waals surface area (Å²) < 4.78 is 0. The minimum Gasteiger partial charge on any atom is -0.341 e. The summed E-state index contributed by atoms with van der Waals surface area (Å²) in [6, 6.07) is 0.523. The molecule has 2 aliphatic rings. The molecular weight excluding hydrogens is 224 g/mol. The van der Waals surface area contributed by atoms with E-state index in [1.165, 1.54) is 12.8 Å². The number of nitrogens with one attached hydrogen (secondary N) is 1. The number of hydrogen-bond donors (Lipinski definition) is 1. The first kappa shape index (κ1) is 13.9. The zero-order valence-corrected chi connectivity index (χ0v) is 12.3. The number of carbonyl (C=O) groups is 1. The third-order valence-electron chi connectivity index (χ3n) is 4.31. The van der Waals surface area contributed by atoms with E-state index in [4.69, 9.17) is 0 Å². The van der Waals surface area contributed by atoms with E-state index in [0.717, 1.165) is 26.1 Å². The smallest absolute Gasteiger partial charge is 0.226 e. The van der Waals surface area contributed by atoms with Crippen LogP contribution in [0.1, 0.15) is 47.0 Å². The van der Waals surface area contributed by atoms with Crippen molar-refractivity contribution in [3.63, 3.8) is 0 Å². The second kappa shape index (κ2) is 5.20. The van der Waals surface area contributed by atoms with Crippen LogP contribution in [0.4, 0.5) is 0 Å². The topological polar surface area (TPSA) is 32.3 Å². The van der Waals surface area contributed by atoms with Crippen molar-refractivity contribution in [2.45, 2.75) is 53.0 Å². The number of rotatable bonds is 5. The molecule has 1 amide bonds. The molecular formula is C15H28N2O. The van der Waals surface area contributed by atoms with Crippen molar-refractivity contribution in [3.05, 3.63) is 0 Å². The molecule has 2 fully saturated rings. The highest BCUT2D eigenvalue weighted by Crippen LogP contribution is 2.52. The monoisotopic (exact) mass is 252 g/mol. The lowest BCUT2D eigenvalue weighted by Gasteiger charge is -2.28. The third-order valence-corrected chi connectivity index (χ3v) is 4.31. The summed E-state index contributed by atoms with van der Waals surface area (Å²) in [6.45, 7) is 11.7. The van der Waals surface area contributed by atoms with Gasteiger partial charge in [-0.25, -0.2) is 0 Å². The normalized spacial score (nSPS) is 29.6. The molecule has 0 aromatic rings. The van der Waals surface area contributed by atoms with Gasteiger partial charge in [-0.1, -0.05) is 27.7 Å². The Balaban J connectivity index is 1.93. The minimum atomic E-state index is 0.245. The lowest BCUT2D eigenvalue weighted by Crippen LogP contribution is -2.44. The highest BCUT2D eigenvalue weighted by atomic mass is 16.2. The molecule has 3 heteroatoms. The Labute approximate surface area is 111 Å². The van der Waals surface area contributed by atoms with E-state index in [-0.39, 0.29) is 11.3 Å². The quantitative estimate of drug-likeness (QED) is 0.814. The molecule has 1 saturated heterocycles. The van der Waals surface area contributed by atoms with Gasteiger partial charge in [0, 0.05) is 25.0 Å². The Bertz CT molecular complexity index is 306. The van der Waals surface area contributed by atoms with E-state index < -0.39 is 0 Å². The van der Waals surface area contributed by atoms with Gasteiger partial charge in [-0.3, -0.25) is 4.79 Å². The van der Waals surface area contributed by atoms with Crippen LogP contribution in [0.3, 0.4) is 0 Å². The highest BCUT2D eigenvalue weighted by Gasteiger charge is 2.52. The van der Waals surface area contributed by atoms with Crippen molar-refractivity contribution in [1.29, 1.82) is 0 Å². The molecule has 1 aliphatic carbocycles. The Morgan fingerprint density at radius 3 is 2.56 bits per heavy atom. The van der Waals surface area contributed by atoms with E-state index in [9.17, 15) is 4.79 Å². The Kier molecular flexibility index (Phi) is 4.00. The SMILES string of the molecule is CC(C)CN(CC1CCCN1)C(=O)C1CC1(C)C. The molecule has 0 aromatic carbocycles. The lowest BCUT2D eigenvalue weighted by atomic mass is 10.1. The molecule has 0 bridgehead atoms. The molecule has 104 valence electrons. The first-order valence-electron chi connectivity index (χ1n) is 7.42. The summed E-state index contributed by atoms with van der Waals surface area (Å²) in [4.78, 5) is 14.7. The van der Waals surface area contributed by atoms with Gasteiger partial charge in [-0.15, -0.1) is 0 Å². The van der Waals surface area contributed by atoms with Crippen LogP contribution in [-0.4, -0.2) is 36.5 Å². The summed E-state index contributed by atoms with van der Waals surface area (Å²) in [5.74, 6) is 1.22. The van der Waals surface area contributed by atoms with Gasteiger partial charge in [-0.2, -0.15) is 0 Å². The standard InChI is InChI=1S/C15H28N2O/c1-11(2)9-17(10-12-6-5-7-16-12)14(18)13-8-15(13,3)4/h11-13,16H,5-10H2,1-4H3. The predicted molar refractivity (Wildman–Crippen MR) is 74.3 cm³/mol. The van der Waals surface area contributed by atoms with E-state index in [1.54, 1.807) is 0 Å². The Hall–Kier alpha value is -0.570. The van der Waals surface area contributed by atoms with Gasteiger partial charge in [0.1, 0.15) is 0 Å². The van der Waals surface area contributed by atoms with Crippen molar-refractivity contribution >= 4 is 5.91 Å². The zero-order valence-electron chi connectivity index (χ0n) is 12.3. The molecule has 2 rings (SSSR count). The third kappa shape index (κ3) is 3.25. The van der Waals surface area contributed by atoms with Gasteiger partial charge in [0.15, 0.2) is 0 Å². The summed E-state index contributed by atoms with van der Waals surface area (Å²) in [7, 11) is 0. The van der Waals surface area contributed by atoms with Crippen LogP contribution in [0.15, 0.2) is 0 Å². The highest BCUT2D eigenvalue weighted by molar-refractivity contribution is 5.82. The maximum absolute atomic E-state index is 12.5. The van der Waals surface area contributed by atoms with Crippen molar-refractivity contribution < 1.29 is 4.79 Å². The predicted octanol–water partition coefficient (Wildman–Crippen LogP) is 2.27. The van der Waals surface area contributed by atoms with Crippen LogP contribution >= 0.6 is 0 Å². The van der Waals surface area contributed by atoms with Crippen LogP contribution in [0.2, 0.25) is 0 Å². The fraction of sp³-hybridized carbons (Fsp3) is 0.933. The van der Waals surface area contributed by atoms with Crippen LogP contribution in [0.25, 0.3) is 0 Å². The molecule has 0 aromatic heterocycles. The molecule has 1 N–H and O–H groups in total. The molecule has 2 atom stereocenters. The van der Waals surface area contributed by atoms with E-state index in [1.807, 2.05) is 0 Å². The zero-order chi connectivity index (χ0) is 13.3. The summed E-state index contributed by atoms with van der Waals surface area (Å²) in [6.07, 6.45) is 3.54. The van der Waals surface area contributed by atoms with Gasteiger partial charge >= 0.3 is 0 Å². The largest absolute Gasteiger partial charge is 0.341 e. The van der Waals surface area contributed by atoms with Crippen LogP contribution < -0.4 is 5.32 Å². The molecule has 1 saturated carbocycles. The minimum absolute atomic E-state index is 0.245. The molecule has 3 nitrogen and oxygen atoms in total. The molecule has 0 spiro atoms. The van der Waals surface area contributed by atoms with Gasteiger partial charge < -0.3 is 10.2 Å². The Morgan fingerprint density at radius 2 is 2.11 bits per heavy atom. The molecule has 18 heavy (non-hydrogen) atoms. The number of amides is 1. The van der Waals surface area contributed by atoms with Crippen LogP contribution in [-0.2, 0) is 4.79 Å². The van der Waals surface area contributed by atoms with Gasteiger partial charge in [0.25, 0.3) is 0 Å². The fourth-order valence-corrected chi connectivity index (χ4v) is 2.98. The molecule has 1 aliphatic heterocycles. The van der Waals surface area contributed by atoms with Crippen LogP contribution in [0.5, 0.6) is 0 Å². The van der Waals surface area contributed by atoms with Gasteiger partial charge in [-0.05, 0) is 37.1 Å². The van der Waals surface area contributed by atoms with Crippen molar-refractivity contribution in [2.75, 3.05) is 19.6 Å². The molecule has 1 heterocycles. The second-order valence-corrected chi connectivity index (χ2v) is 7.18. The fourth-order valence-electron chi connectivity index (χ4n) is 2.98. The summed E-state index contributed by atoms with van der Waals surface area (Å²) >= 11 is 0.